The summed E-state index contributed by atoms with van der Waals surface area (Å²) in [5.41, 5.74) is 11.0. The molecule has 0 atom stereocenters. The zero-order valence-corrected chi connectivity index (χ0v) is 10.7. The molecule has 0 aliphatic carbocycles. The molecule has 2 rings (SSSR count). The van der Waals surface area contributed by atoms with Gasteiger partial charge in [0, 0.05) is 29.7 Å². The van der Waals surface area contributed by atoms with Gasteiger partial charge >= 0.3 is 0 Å². The summed E-state index contributed by atoms with van der Waals surface area (Å²) in [5, 5.41) is 3.41. The number of rotatable bonds is 4. The van der Waals surface area contributed by atoms with Crippen molar-refractivity contribution in [1.29, 1.82) is 0 Å². The highest BCUT2D eigenvalue weighted by molar-refractivity contribution is 5.70. The zero-order chi connectivity index (χ0) is 13.0. The van der Waals surface area contributed by atoms with E-state index in [9.17, 15) is 0 Å². The van der Waals surface area contributed by atoms with Crippen molar-refractivity contribution in [2.45, 2.75) is 13.5 Å². The molecule has 0 bridgehead atoms. The molecule has 0 saturated carbocycles. The van der Waals surface area contributed by atoms with Crippen LogP contribution in [0.4, 0.5) is 17.1 Å². The first-order chi connectivity index (χ1) is 8.72. The van der Waals surface area contributed by atoms with E-state index in [1.165, 1.54) is 0 Å². The van der Waals surface area contributed by atoms with Crippen LogP contribution in [0.2, 0.25) is 0 Å². The molecule has 3 N–H and O–H groups in total. The molecule has 0 aliphatic rings. The Balaban J connectivity index is 2.31. The van der Waals surface area contributed by atoms with Crippen LogP contribution in [0.15, 0.2) is 42.5 Å². The summed E-state index contributed by atoms with van der Waals surface area (Å²) >= 11 is 0. The van der Waals surface area contributed by atoms with Gasteiger partial charge in [-0.2, -0.15) is 0 Å². The van der Waals surface area contributed by atoms with Gasteiger partial charge in [-0.3, -0.25) is 0 Å². The van der Waals surface area contributed by atoms with Gasteiger partial charge < -0.3 is 15.8 Å². The van der Waals surface area contributed by atoms with Crippen LogP contribution >= 0.6 is 0 Å². The zero-order valence-electron chi connectivity index (χ0n) is 10.7. The maximum absolute atomic E-state index is 5.91. The van der Waals surface area contributed by atoms with Crippen molar-refractivity contribution < 1.29 is 4.74 Å². The van der Waals surface area contributed by atoms with E-state index in [1.54, 1.807) is 7.11 Å². The lowest BCUT2D eigenvalue weighted by Crippen LogP contribution is -2.00. The molecule has 0 radical (unpaired) electrons. The first-order valence-corrected chi connectivity index (χ1v) is 5.91. The number of hydrogen-bond acceptors (Lipinski definition) is 3. The Morgan fingerprint density at radius 2 is 1.78 bits per heavy atom. The van der Waals surface area contributed by atoms with E-state index in [-0.39, 0.29) is 0 Å². The van der Waals surface area contributed by atoms with E-state index >= 15 is 0 Å². The molecule has 2 aromatic rings. The average molecular weight is 242 g/mol. The predicted octanol–water partition coefficient (Wildman–Crippen LogP) is 3.47. The number of ether oxygens (including phenoxy) is 1. The fourth-order valence-corrected chi connectivity index (χ4v) is 1.86. The molecular formula is C15H18N2O. The summed E-state index contributed by atoms with van der Waals surface area (Å²) in [5.74, 6) is 0. The summed E-state index contributed by atoms with van der Waals surface area (Å²) in [4.78, 5) is 0. The molecular weight excluding hydrogens is 224 g/mol. The minimum Gasteiger partial charge on any atom is -0.398 e. The second-order valence-corrected chi connectivity index (χ2v) is 4.23. The van der Waals surface area contributed by atoms with Gasteiger partial charge in [0.1, 0.15) is 0 Å². The van der Waals surface area contributed by atoms with Gasteiger partial charge in [-0.25, -0.2) is 0 Å². The maximum atomic E-state index is 5.91. The summed E-state index contributed by atoms with van der Waals surface area (Å²) in [7, 11) is 1.70. The highest BCUT2D eigenvalue weighted by Gasteiger charge is 2.05. The summed E-state index contributed by atoms with van der Waals surface area (Å²) < 4.78 is 5.20. The standard InChI is InChI=1S/C15H18N2O/c1-11-13(16)7-5-9-14(11)17-15-8-4-3-6-12(15)10-18-2/h3-9,17H,10,16H2,1-2H3. The Kier molecular flexibility index (Phi) is 3.85. The van der Waals surface area contributed by atoms with Crippen LogP contribution in [0.3, 0.4) is 0 Å². The Bertz CT molecular complexity index is 538. The average Bonchev–Trinajstić information content (AvgIpc) is 2.37. The second-order valence-electron chi connectivity index (χ2n) is 4.23. The van der Waals surface area contributed by atoms with Crippen molar-refractivity contribution in [3.63, 3.8) is 0 Å². The molecule has 18 heavy (non-hydrogen) atoms. The number of benzene rings is 2. The lowest BCUT2D eigenvalue weighted by atomic mass is 10.1. The summed E-state index contributed by atoms with van der Waals surface area (Å²) in [6.45, 7) is 2.60. The van der Waals surface area contributed by atoms with Gasteiger partial charge in [0.15, 0.2) is 0 Å². The number of hydrogen-bond donors (Lipinski definition) is 2. The Morgan fingerprint density at radius 1 is 1.06 bits per heavy atom. The second kappa shape index (κ2) is 5.56. The van der Waals surface area contributed by atoms with Gasteiger partial charge in [-0.05, 0) is 30.7 Å². The highest BCUT2D eigenvalue weighted by Crippen LogP contribution is 2.26. The molecule has 0 aliphatic heterocycles. The molecule has 0 spiro atoms. The van der Waals surface area contributed by atoms with Crippen molar-refractivity contribution >= 4 is 17.1 Å². The first kappa shape index (κ1) is 12.5. The van der Waals surface area contributed by atoms with Crippen LogP contribution in [0.1, 0.15) is 11.1 Å². The smallest absolute Gasteiger partial charge is 0.0733 e. The van der Waals surface area contributed by atoms with Crippen LogP contribution in [0, 0.1) is 6.92 Å². The minimum absolute atomic E-state index is 0.588. The van der Waals surface area contributed by atoms with E-state index in [1.807, 2.05) is 49.4 Å². The molecule has 94 valence electrons. The SMILES string of the molecule is COCc1ccccc1Nc1cccc(N)c1C. The van der Waals surface area contributed by atoms with Gasteiger partial charge in [-0.1, -0.05) is 24.3 Å². The Hall–Kier alpha value is -2.00. The number of nitrogens with two attached hydrogens (primary N) is 1. The fraction of sp³-hybridized carbons (Fsp3) is 0.200. The molecule has 3 nitrogen and oxygen atoms in total. The van der Waals surface area contributed by atoms with Crippen LogP contribution in [0.5, 0.6) is 0 Å². The molecule has 3 heteroatoms. The monoisotopic (exact) mass is 242 g/mol. The molecule has 2 aromatic carbocycles. The third kappa shape index (κ3) is 2.63. The maximum Gasteiger partial charge on any atom is 0.0733 e. The molecule has 0 heterocycles. The van der Waals surface area contributed by atoms with Crippen molar-refractivity contribution in [1.82, 2.24) is 0 Å². The Labute approximate surface area is 108 Å². The van der Waals surface area contributed by atoms with E-state index < -0.39 is 0 Å². The Morgan fingerprint density at radius 3 is 2.56 bits per heavy atom. The topological polar surface area (TPSA) is 47.3 Å². The number of anilines is 3. The predicted molar refractivity (Wildman–Crippen MR) is 76.0 cm³/mol. The molecule has 0 fully saturated rings. The van der Waals surface area contributed by atoms with Crippen molar-refractivity contribution in [2.24, 2.45) is 0 Å². The van der Waals surface area contributed by atoms with E-state index in [0.29, 0.717) is 6.61 Å². The lowest BCUT2D eigenvalue weighted by Gasteiger charge is -2.14. The number of methoxy groups -OCH3 is 1. The number of nitrogens with one attached hydrogen (secondary N) is 1. The fourth-order valence-electron chi connectivity index (χ4n) is 1.86. The van der Waals surface area contributed by atoms with Crippen LogP contribution in [-0.2, 0) is 11.3 Å². The van der Waals surface area contributed by atoms with Gasteiger partial charge in [0.2, 0.25) is 0 Å². The molecule has 0 amide bonds. The third-order valence-corrected chi connectivity index (χ3v) is 2.96. The highest BCUT2D eigenvalue weighted by atomic mass is 16.5. The minimum atomic E-state index is 0.588. The third-order valence-electron chi connectivity index (χ3n) is 2.96. The van der Waals surface area contributed by atoms with Crippen molar-refractivity contribution in [3.8, 4) is 0 Å². The quantitative estimate of drug-likeness (QED) is 0.807. The molecule has 0 saturated heterocycles. The van der Waals surface area contributed by atoms with Gasteiger partial charge in [-0.15, -0.1) is 0 Å². The van der Waals surface area contributed by atoms with E-state index in [4.69, 9.17) is 10.5 Å². The van der Waals surface area contributed by atoms with Crippen LogP contribution in [-0.4, -0.2) is 7.11 Å². The molecule has 0 aromatic heterocycles. The number of para-hydroxylation sites is 1. The van der Waals surface area contributed by atoms with E-state index in [0.717, 1.165) is 28.2 Å². The first-order valence-electron chi connectivity index (χ1n) is 5.91. The van der Waals surface area contributed by atoms with E-state index in [2.05, 4.69) is 5.32 Å². The lowest BCUT2D eigenvalue weighted by molar-refractivity contribution is 0.185. The van der Waals surface area contributed by atoms with Crippen molar-refractivity contribution in [3.05, 3.63) is 53.6 Å². The number of nitrogen functional groups attached to an aromatic ring is 1. The van der Waals surface area contributed by atoms with Gasteiger partial charge in [0.25, 0.3) is 0 Å². The molecule has 0 unspecified atom stereocenters. The van der Waals surface area contributed by atoms with Gasteiger partial charge in [0.05, 0.1) is 6.61 Å². The summed E-state index contributed by atoms with van der Waals surface area (Å²) in [6, 6.07) is 14.0. The van der Waals surface area contributed by atoms with Crippen LogP contribution < -0.4 is 11.1 Å². The normalized spacial score (nSPS) is 10.3. The van der Waals surface area contributed by atoms with Crippen molar-refractivity contribution in [2.75, 3.05) is 18.2 Å². The summed E-state index contributed by atoms with van der Waals surface area (Å²) in [6.07, 6.45) is 0. The van der Waals surface area contributed by atoms with Crippen LogP contribution in [0.25, 0.3) is 0 Å². The largest absolute Gasteiger partial charge is 0.398 e.